The second-order valence-corrected chi connectivity index (χ2v) is 3.27. The van der Waals surface area contributed by atoms with Gasteiger partial charge in [0.2, 0.25) is 0 Å². The molecular weight excluding hydrogens is 206 g/mol. The Morgan fingerprint density at radius 1 is 1.64 bits per heavy atom. The predicted octanol–water partition coefficient (Wildman–Crippen LogP) is 0.846. The van der Waals surface area contributed by atoms with Crippen LogP contribution in [0.3, 0.4) is 0 Å². The summed E-state index contributed by atoms with van der Waals surface area (Å²) in [5, 5.41) is 8.79. The Morgan fingerprint density at radius 2 is 2.36 bits per heavy atom. The van der Waals surface area contributed by atoms with Crippen LogP contribution < -0.4 is 5.56 Å². The second kappa shape index (κ2) is 5.14. The molecule has 0 atom stereocenters. The Hall–Kier alpha value is -0.840. The van der Waals surface area contributed by atoms with Crippen molar-refractivity contribution in [2.24, 2.45) is 0 Å². The lowest BCUT2D eigenvalue weighted by Gasteiger charge is -2.05. The molecule has 0 aromatic carbocycles. The lowest BCUT2D eigenvalue weighted by atomic mass is 10.2. The van der Waals surface area contributed by atoms with Crippen LogP contribution in [0.25, 0.3) is 0 Å². The normalized spacial score (nSPS) is 10.5. The van der Waals surface area contributed by atoms with E-state index in [9.17, 15) is 4.79 Å². The Morgan fingerprint density at radius 3 is 3.00 bits per heavy atom. The van der Waals surface area contributed by atoms with Crippen molar-refractivity contribution >= 4 is 11.6 Å². The smallest absolute Gasteiger partial charge is 0.251 e. The van der Waals surface area contributed by atoms with Crippen molar-refractivity contribution in [1.29, 1.82) is 0 Å². The summed E-state index contributed by atoms with van der Waals surface area (Å²) in [5.41, 5.74) is 1.12. The maximum Gasteiger partial charge on any atom is 0.251 e. The van der Waals surface area contributed by atoms with Crippen molar-refractivity contribution in [1.82, 2.24) is 4.98 Å². The lowest BCUT2D eigenvalue weighted by Crippen LogP contribution is -2.11. The number of pyridine rings is 1. The van der Waals surface area contributed by atoms with Gasteiger partial charge in [-0.05, 0) is 13.0 Å². The minimum atomic E-state index is -0.194. The molecule has 0 saturated heterocycles. The molecule has 0 aliphatic carbocycles. The average Bonchev–Trinajstić information content (AvgIpc) is 2.14. The van der Waals surface area contributed by atoms with E-state index < -0.39 is 0 Å². The first-order chi connectivity index (χ1) is 6.65. The van der Waals surface area contributed by atoms with E-state index in [4.69, 9.17) is 21.4 Å². The average molecular weight is 218 g/mol. The van der Waals surface area contributed by atoms with Gasteiger partial charge in [-0.25, -0.2) is 0 Å². The summed E-state index contributed by atoms with van der Waals surface area (Å²) in [6.07, 6.45) is 0. The molecule has 0 saturated carbocycles. The van der Waals surface area contributed by atoms with Gasteiger partial charge in [0, 0.05) is 11.1 Å². The molecule has 4 nitrogen and oxygen atoms in total. The minimum absolute atomic E-state index is 0.0278. The van der Waals surface area contributed by atoms with E-state index in [2.05, 4.69) is 4.98 Å². The quantitative estimate of drug-likeness (QED) is 0.581. The molecule has 0 fully saturated rings. The number of rotatable bonds is 4. The second-order valence-electron chi connectivity index (χ2n) is 2.90. The van der Waals surface area contributed by atoms with Gasteiger partial charge >= 0.3 is 0 Å². The fourth-order valence-corrected chi connectivity index (χ4v) is 1.22. The van der Waals surface area contributed by atoms with Gasteiger partial charge in [-0.3, -0.25) is 4.79 Å². The van der Waals surface area contributed by atoms with Crippen LogP contribution in [-0.4, -0.2) is 23.3 Å². The van der Waals surface area contributed by atoms with E-state index in [-0.39, 0.29) is 25.4 Å². The third-order valence-electron chi connectivity index (χ3n) is 1.75. The number of ether oxygens (including phenoxy) is 1. The number of aromatic amines is 1. The van der Waals surface area contributed by atoms with Crippen LogP contribution in [0.2, 0.25) is 5.15 Å². The number of halogens is 1. The molecule has 0 radical (unpaired) electrons. The molecule has 1 rings (SSSR count). The van der Waals surface area contributed by atoms with Crippen molar-refractivity contribution in [2.75, 3.05) is 13.2 Å². The van der Waals surface area contributed by atoms with Crippen molar-refractivity contribution in [3.8, 4) is 0 Å². The lowest BCUT2D eigenvalue weighted by molar-refractivity contribution is 0.0814. The van der Waals surface area contributed by atoms with Gasteiger partial charge in [-0.2, -0.15) is 0 Å². The SMILES string of the molecule is Cc1cc(COCCO)c(Cl)[nH]c1=O. The maximum absolute atomic E-state index is 11.1. The van der Waals surface area contributed by atoms with Crippen molar-refractivity contribution in [2.45, 2.75) is 13.5 Å². The Bertz CT molecular complexity index is 362. The highest BCUT2D eigenvalue weighted by Gasteiger charge is 2.03. The zero-order chi connectivity index (χ0) is 10.6. The highest BCUT2D eigenvalue weighted by Crippen LogP contribution is 2.12. The molecule has 1 heterocycles. The highest BCUT2D eigenvalue weighted by molar-refractivity contribution is 6.30. The molecule has 78 valence electrons. The molecule has 1 aromatic heterocycles. The van der Waals surface area contributed by atoms with E-state index in [1.807, 2.05) is 0 Å². The summed E-state index contributed by atoms with van der Waals surface area (Å²) < 4.78 is 5.09. The first-order valence-corrected chi connectivity index (χ1v) is 4.60. The Kier molecular flexibility index (Phi) is 4.13. The monoisotopic (exact) mass is 217 g/mol. The van der Waals surface area contributed by atoms with Gasteiger partial charge in [0.25, 0.3) is 5.56 Å². The van der Waals surface area contributed by atoms with Gasteiger partial charge in [-0.1, -0.05) is 11.6 Å². The molecular formula is C9H12ClNO3. The van der Waals surface area contributed by atoms with Crippen LogP contribution in [0.1, 0.15) is 11.1 Å². The van der Waals surface area contributed by atoms with Crippen LogP contribution in [-0.2, 0) is 11.3 Å². The van der Waals surface area contributed by atoms with Crippen LogP contribution in [0.15, 0.2) is 10.9 Å². The summed E-state index contributed by atoms with van der Waals surface area (Å²) in [4.78, 5) is 13.6. The van der Waals surface area contributed by atoms with E-state index in [0.29, 0.717) is 10.7 Å². The molecule has 0 amide bonds. The van der Waals surface area contributed by atoms with E-state index in [0.717, 1.165) is 5.56 Å². The summed E-state index contributed by atoms with van der Waals surface area (Å²) >= 11 is 5.78. The van der Waals surface area contributed by atoms with Crippen LogP contribution in [0.4, 0.5) is 0 Å². The number of aliphatic hydroxyl groups is 1. The molecule has 5 heteroatoms. The molecule has 14 heavy (non-hydrogen) atoms. The number of nitrogens with one attached hydrogen (secondary N) is 1. The zero-order valence-corrected chi connectivity index (χ0v) is 8.60. The van der Waals surface area contributed by atoms with E-state index >= 15 is 0 Å². The number of hydrogen-bond acceptors (Lipinski definition) is 3. The number of hydrogen-bond donors (Lipinski definition) is 2. The van der Waals surface area contributed by atoms with Gasteiger partial charge in [0.1, 0.15) is 5.15 Å². The first-order valence-electron chi connectivity index (χ1n) is 4.22. The number of H-pyrrole nitrogens is 1. The number of aromatic nitrogens is 1. The highest BCUT2D eigenvalue weighted by atomic mass is 35.5. The van der Waals surface area contributed by atoms with Crippen molar-refractivity contribution in [3.63, 3.8) is 0 Å². The zero-order valence-electron chi connectivity index (χ0n) is 7.84. The van der Waals surface area contributed by atoms with Crippen molar-refractivity contribution < 1.29 is 9.84 Å². The van der Waals surface area contributed by atoms with Crippen LogP contribution in [0.5, 0.6) is 0 Å². The Balaban J connectivity index is 2.77. The number of aliphatic hydroxyl groups excluding tert-OH is 1. The summed E-state index contributed by atoms with van der Waals surface area (Å²) in [6, 6.07) is 1.68. The first kappa shape index (κ1) is 11.2. The summed E-state index contributed by atoms with van der Waals surface area (Å²) in [7, 11) is 0. The topological polar surface area (TPSA) is 62.3 Å². The molecule has 0 unspecified atom stereocenters. The van der Waals surface area contributed by atoms with Gasteiger partial charge < -0.3 is 14.8 Å². The third kappa shape index (κ3) is 2.83. The fraction of sp³-hybridized carbons (Fsp3) is 0.444. The standard InChI is InChI=1S/C9H12ClNO3/c1-6-4-7(5-14-3-2-12)8(10)11-9(6)13/h4,12H,2-3,5H2,1H3,(H,11,13). The molecule has 2 N–H and O–H groups in total. The fourth-order valence-electron chi connectivity index (χ4n) is 1.02. The van der Waals surface area contributed by atoms with Crippen LogP contribution in [0, 0.1) is 6.92 Å². The largest absolute Gasteiger partial charge is 0.394 e. The van der Waals surface area contributed by atoms with Gasteiger partial charge in [-0.15, -0.1) is 0 Å². The summed E-state index contributed by atoms with van der Waals surface area (Å²) in [5.74, 6) is 0. The molecule has 0 spiro atoms. The van der Waals surface area contributed by atoms with Crippen molar-refractivity contribution in [3.05, 3.63) is 32.7 Å². The van der Waals surface area contributed by atoms with E-state index in [1.165, 1.54) is 0 Å². The van der Waals surface area contributed by atoms with E-state index in [1.54, 1.807) is 13.0 Å². The van der Waals surface area contributed by atoms with Gasteiger partial charge in [0.05, 0.1) is 19.8 Å². The third-order valence-corrected chi connectivity index (χ3v) is 2.08. The van der Waals surface area contributed by atoms with Crippen LogP contribution >= 0.6 is 11.6 Å². The maximum atomic E-state index is 11.1. The minimum Gasteiger partial charge on any atom is -0.394 e. The summed E-state index contributed by atoms with van der Waals surface area (Å²) in [6.45, 7) is 2.22. The predicted molar refractivity (Wildman–Crippen MR) is 53.6 cm³/mol. The molecule has 0 aliphatic rings. The Labute approximate surface area is 86.5 Å². The number of aryl methyl sites for hydroxylation is 1. The molecule has 0 aliphatic heterocycles. The molecule has 1 aromatic rings. The molecule has 0 bridgehead atoms. The van der Waals surface area contributed by atoms with Gasteiger partial charge in [0.15, 0.2) is 0 Å².